The number of nitrogens with two attached hydrogens (primary N) is 1. The van der Waals surface area contributed by atoms with Gasteiger partial charge >= 0.3 is 6.18 Å². The van der Waals surface area contributed by atoms with Crippen LogP contribution >= 0.6 is 0 Å². The molecule has 0 spiro atoms. The fraction of sp³-hybridized carbons (Fsp3) is 0.417. The van der Waals surface area contributed by atoms with Gasteiger partial charge in [-0.1, -0.05) is 19.4 Å². The maximum atomic E-state index is 12.4. The zero-order valence-corrected chi connectivity index (χ0v) is 9.92. The summed E-state index contributed by atoms with van der Waals surface area (Å²) < 4.78 is 37.3. The van der Waals surface area contributed by atoms with Gasteiger partial charge in [-0.05, 0) is 24.6 Å². The molecule has 0 aliphatic carbocycles. The van der Waals surface area contributed by atoms with Gasteiger partial charge in [0.1, 0.15) is 0 Å². The van der Waals surface area contributed by atoms with Crippen molar-refractivity contribution in [1.29, 1.82) is 0 Å². The number of carbonyl (C=O) groups excluding carboxylic acids is 1. The number of hydrogen-bond acceptors (Lipinski definition) is 2. The number of carbonyl (C=O) groups is 1. The predicted octanol–water partition coefficient (Wildman–Crippen LogP) is 2.77. The molecule has 0 aromatic heterocycles. The number of halogens is 3. The van der Waals surface area contributed by atoms with Crippen LogP contribution in [0.25, 0.3) is 0 Å². The lowest BCUT2D eigenvalue weighted by Gasteiger charge is -2.13. The van der Waals surface area contributed by atoms with E-state index in [2.05, 4.69) is 5.32 Å². The van der Waals surface area contributed by atoms with Crippen LogP contribution in [0.3, 0.4) is 0 Å². The molecule has 0 heterocycles. The molecule has 1 atom stereocenters. The van der Waals surface area contributed by atoms with Crippen molar-refractivity contribution in [3.63, 3.8) is 0 Å². The first-order valence-corrected chi connectivity index (χ1v) is 5.58. The Morgan fingerprint density at radius 2 is 2.11 bits per heavy atom. The third-order valence-corrected chi connectivity index (χ3v) is 2.39. The second kappa shape index (κ2) is 5.86. The van der Waals surface area contributed by atoms with E-state index < -0.39 is 23.7 Å². The van der Waals surface area contributed by atoms with E-state index in [1.807, 2.05) is 6.92 Å². The number of nitrogens with one attached hydrogen (secondary N) is 1. The Morgan fingerprint density at radius 1 is 1.44 bits per heavy atom. The second-order valence-corrected chi connectivity index (χ2v) is 3.96. The molecule has 0 aliphatic heterocycles. The molecule has 0 radical (unpaired) electrons. The number of amides is 1. The minimum atomic E-state index is -4.42. The van der Waals surface area contributed by atoms with Crippen molar-refractivity contribution in [3.8, 4) is 0 Å². The van der Waals surface area contributed by atoms with Crippen molar-refractivity contribution in [2.45, 2.75) is 32.0 Å². The molecule has 0 saturated carbocycles. The monoisotopic (exact) mass is 260 g/mol. The van der Waals surface area contributed by atoms with Crippen molar-refractivity contribution in [2.75, 3.05) is 5.32 Å². The largest absolute Gasteiger partial charge is 0.416 e. The third-order valence-electron chi connectivity index (χ3n) is 2.39. The lowest BCUT2D eigenvalue weighted by molar-refractivity contribution is -0.137. The van der Waals surface area contributed by atoms with Crippen LogP contribution in [0.1, 0.15) is 25.3 Å². The van der Waals surface area contributed by atoms with Crippen LogP contribution in [0, 0.1) is 0 Å². The molecule has 0 unspecified atom stereocenters. The standard InChI is InChI=1S/C12H15F3N2O/c1-2-4-10(16)11(18)17-9-6-3-5-8(7-9)12(13,14)15/h3,5-7,10H,2,4,16H2,1H3,(H,17,18)/t10-/m0/s1. The van der Waals surface area contributed by atoms with Gasteiger partial charge in [-0.2, -0.15) is 13.2 Å². The Balaban J connectivity index is 2.77. The number of hydrogen-bond donors (Lipinski definition) is 2. The maximum absolute atomic E-state index is 12.4. The summed E-state index contributed by atoms with van der Waals surface area (Å²) in [5.74, 6) is -0.476. The third kappa shape index (κ3) is 4.03. The summed E-state index contributed by atoms with van der Waals surface area (Å²) in [5, 5.41) is 2.38. The van der Waals surface area contributed by atoms with Crippen LogP contribution in [0.4, 0.5) is 18.9 Å². The van der Waals surface area contributed by atoms with Gasteiger partial charge < -0.3 is 11.1 Å². The van der Waals surface area contributed by atoms with E-state index >= 15 is 0 Å². The minimum absolute atomic E-state index is 0.0985. The highest BCUT2D eigenvalue weighted by molar-refractivity contribution is 5.94. The van der Waals surface area contributed by atoms with Crippen LogP contribution in [-0.4, -0.2) is 11.9 Å². The molecule has 0 saturated heterocycles. The van der Waals surface area contributed by atoms with Gasteiger partial charge in [-0.3, -0.25) is 4.79 Å². The van der Waals surface area contributed by atoms with Crippen molar-refractivity contribution >= 4 is 11.6 Å². The van der Waals surface area contributed by atoms with Crippen molar-refractivity contribution in [1.82, 2.24) is 0 Å². The molecular formula is C12H15F3N2O. The van der Waals surface area contributed by atoms with Crippen molar-refractivity contribution < 1.29 is 18.0 Å². The predicted molar refractivity (Wildman–Crippen MR) is 63.0 cm³/mol. The molecule has 6 heteroatoms. The first kappa shape index (κ1) is 14.5. The summed E-state index contributed by atoms with van der Waals surface area (Å²) in [6.07, 6.45) is -3.20. The summed E-state index contributed by atoms with van der Waals surface area (Å²) >= 11 is 0. The number of rotatable bonds is 4. The van der Waals surface area contributed by atoms with E-state index in [0.29, 0.717) is 6.42 Å². The topological polar surface area (TPSA) is 55.1 Å². The molecule has 3 nitrogen and oxygen atoms in total. The number of benzene rings is 1. The zero-order chi connectivity index (χ0) is 13.8. The van der Waals surface area contributed by atoms with E-state index in [-0.39, 0.29) is 5.69 Å². The normalized spacial score (nSPS) is 13.2. The Kier molecular flexibility index (Phi) is 4.72. The number of anilines is 1. The molecule has 1 aromatic rings. The first-order valence-electron chi connectivity index (χ1n) is 5.58. The van der Waals surface area contributed by atoms with E-state index in [1.54, 1.807) is 0 Å². The van der Waals surface area contributed by atoms with Crippen LogP contribution in [-0.2, 0) is 11.0 Å². The summed E-state index contributed by atoms with van der Waals surface area (Å²) in [7, 11) is 0. The van der Waals surface area contributed by atoms with Crippen LogP contribution in [0.2, 0.25) is 0 Å². The highest BCUT2D eigenvalue weighted by atomic mass is 19.4. The van der Waals surface area contributed by atoms with Gasteiger partial charge in [0.05, 0.1) is 11.6 Å². The number of alkyl halides is 3. The molecule has 3 N–H and O–H groups in total. The molecule has 0 bridgehead atoms. The highest BCUT2D eigenvalue weighted by Crippen LogP contribution is 2.30. The van der Waals surface area contributed by atoms with Gasteiger partial charge in [0.2, 0.25) is 5.91 Å². The maximum Gasteiger partial charge on any atom is 0.416 e. The van der Waals surface area contributed by atoms with E-state index in [4.69, 9.17) is 5.73 Å². The zero-order valence-electron chi connectivity index (χ0n) is 9.92. The highest BCUT2D eigenvalue weighted by Gasteiger charge is 2.30. The van der Waals surface area contributed by atoms with Crippen LogP contribution in [0.15, 0.2) is 24.3 Å². The average molecular weight is 260 g/mol. The second-order valence-electron chi connectivity index (χ2n) is 3.96. The van der Waals surface area contributed by atoms with E-state index in [0.717, 1.165) is 18.6 Å². The van der Waals surface area contributed by atoms with Crippen LogP contribution in [0.5, 0.6) is 0 Å². The molecule has 1 rings (SSSR count). The fourth-order valence-electron chi connectivity index (χ4n) is 1.45. The molecule has 0 aliphatic rings. The Bertz CT molecular complexity index is 418. The van der Waals surface area contributed by atoms with E-state index in [1.165, 1.54) is 12.1 Å². The Labute approximate surface area is 103 Å². The molecular weight excluding hydrogens is 245 g/mol. The van der Waals surface area contributed by atoms with Gasteiger partial charge in [-0.25, -0.2) is 0 Å². The van der Waals surface area contributed by atoms with Gasteiger partial charge in [0, 0.05) is 5.69 Å². The fourth-order valence-corrected chi connectivity index (χ4v) is 1.45. The molecule has 18 heavy (non-hydrogen) atoms. The summed E-state index contributed by atoms with van der Waals surface area (Å²) in [4.78, 5) is 11.5. The smallest absolute Gasteiger partial charge is 0.325 e. The van der Waals surface area contributed by atoms with Gasteiger partial charge in [0.25, 0.3) is 0 Å². The van der Waals surface area contributed by atoms with Crippen LogP contribution < -0.4 is 11.1 Å². The van der Waals surface area contributed by atoms with Crippen molar-refractivity contribution in [3.05, 3.63) is 29.8 Å². The SMILES string of the molecule is CCC[C@H](N)C(=O)Nc1cccc(C(F)(F)F)c1. The Morgan fingerprint density at radius 3 is 2.67 bits per heavy atom. The van der Waals surface area contributed by atoms with E-state index in [9.17, 15) is 18.0 Å². The Hall–Kier alpha value is -1.56. The summed E-state index contributed by atoms with van der Waals surface area (Å²) in [5.41, 5.74) is 4.86. The molecule has 0 fully saturated rings. The lowest BCUT2D eigenvalue weighted by atomic mass is 10.1. The molecule has 1 aromatic carbocycles. The first-order chi connectivity index (χ1) is 8.34. The molecule has 1 amide bonds. The quantitative estimate of drug-likeness (QED) is 0.874. The van der Waals surface area contributed by atoms with Crippen molar-refractivity contribution in [2.24, 2.45) is 5.73 Å². The van der Waals surface area contributed by atoms with Gasteiger partial charge in [-0.15, -0.1) is 0 Å². The lowest BCUT2D eigenvalue weighted by Crippen LogP contribution is -2.35. The summed E-state index contributed by atoms with van der Waals surface area (Å²) in [6.45, 7) is 1.87. The minimum Gasteiger partial charge on any atom is -0.325 e. The average Bonchev–Trinajstić information content (AvgIpc) is 2.28. The van der Waals surface area contributed by atoms with Gasteiger partial charge in [0.15, 0.2) is 0 Å². The molecule has 100 valence electrons. The summed E-state index contributed by atoms with van der Waals surface area (Å²) in [6, 6.07) is 3.76.